The van der Waals surface area contributed by atoms with Crippen molar-refractivity contribution in [2.45, 2.75) is 19.3 Å². The number of fused-ring (bicyclic) bond motifs is 1. The predicted molar refractivity (Wildman–Crippen MR) is 52.9 cm³/mol. The lowest BCUT2D eigenvalue weighted by Gasteiger charge is -2.24. The number of nitrogens with one attached hydrogen (secondary N) is 1. The molecule has 1 aliphatic rings. The van der Waals surface area contributed by atoms with Gasteiger partial charge < -0.3 is 5.32 Å². The van der Waals surface area contributed by atoms with Gasteiger partial charge in [0.25, 0.3) is 0 Å². The summed E-state index contributed by atoms with van der Waals surface area (Å²) in [6.45, 7) is 3.01. The van der Waals surface area contributed by atoms with Gasteiger partial charge >= 0.3 is 0 Å². The van der Waals surface area contributed by atoms with E-state index in [-0.39, 0.29) is 5.82 Å². The molecule has 70 valence electrons. The topological polar surface area (TPSA) is 12.0 Å². The summed E-state index contributed by atoms with van der Waals surface area (Å²) in [4.78, 5) is 0. The lowest BCUT2D eigenvalue weighted by molar-refractivity contribution is 0.614. The largest absolute Gasteiger partial charge is 0.384 e. The first kappa shape index (κ1) is 8.82. The number of hydrogen-bond acceptors (Lipinski definition) is 1. The van der Waals surface area contributed by atoms with Gasteiger partial charge in [-0.2, -0.15) is 0 Å². The van der Waals surface area contributed by atoms with Crippen LogP contribution in [0.4, 0.5) is 10.1 Å². The quantitative estimate of drug-likeness (QED) is 0.676. The fourth-order valence-electron chi connectivity index (χ4n) is 1.74. The van der Waals surface area contributed by atoms with E-state index in [0.717, 1.165) is 24.2 Å². The van der Waals surface area contributed by atoms with Crippen molar-refractivity contribution in [2.75, 3.05) is 11.9 Å². The van der Waals surface area contributed by atoms with Gasteiger partial charge in [0.2, 0.25) is 0 Å². The maximum absolute atomic E-state index is 13.0. The highest BCUT2D eigenvalue weighted by molar-refractivity contribution is 6.33. The van der Waals surface area contributed by atoms with Crippen molar-refractivity contribution in [3.05, 3.63) is 28.5 Å². The molecule has 3 heteroatoms. The van der Waals surface area contributed by atoms with Crippen LogP contribution in [0.2, 0.25) is 5.02 Å². The van der Waals surface area contributed by atoms with Gasteiger partial charge in [0, 0.05) is 6.54 Å². The van der Waals surface area contributed by atoms with Gasteiger partial charge in [0.15, 0.2) is 0 Å². The summed E-state index contributed by atoms with van der Waals surface area (Å²) in [5, 5.41) is 3.68. The monoisotopic (exact) mass is 199 g/mol. The molecule has 1 aromatic rings. The number of halogens is 2. The zero-order valence-electron chi connectivity index (χ0n) is 7.40. The maximum atomic E-state index is 13.0. The molecule has 0 aromatic heterocycles. The zero-order chi connectivity index (χ0) is 9.42. The summed E-state index contributed by atoms with van der Waals surface area (Å²) in [7, 11) is 0. The molecule has 1 N–H and O–H groups in total. The fraction of sp³-hybridized carbons (Fsp3) is 0.400. The molecule has 0 fully saturated rings. The highest BCUT2D eigenvalue weighted by Gasteiger charge is 2.19. The lowest BCUT2D eigenvalue weighted by atomic mass is 9.93. The molecule has 1 aromatic carbocycles. The van der Waals surface area contributed by atoms with Gasteiger partial charge in [-0.05, 0) is 30.0 Å². The van der Waals surface area contributed by atoms with Crippen LogP contribution in [0.15, 0.2) is 12.1 Å². The first-order valence-corrected chi connectivity index (χ1v) is 4.79. The molecule has 1 aliphatic heterocycles. The maximum Gasteiger partial charge on any atom is 0.125 e. The Bertz CT molecular complexity index is 338. The lowest BCUT2D eigenvalue weighted by Crippen LogP contribution is -2.15. The third-order valence-corrected chi connectivity index (χ3v) is 2.79. The first-order chi connectivity index (χ1) is 6.18. The van der Waals surface area contributed by atoms with Crippen LogP contribution in [0.3, 0.4) is 0 Å². The highest BCUT2D eigenvalue weighted by atomic mass is 35.5. The van der Waals surface area contributed by atoms with Crippen molar-refractivity contribution >= 4 is 17.3 Å². The van der Waals surface area contributed by atoms with E-state index in [1.165, 1.54) is 6.07 Å². The molecule has 1 unspecified atom stereocenters. The van der Waals surface area contributed by atoms with E-state index in [1.54, 1.807) is 6.07 Å². The number of rotatable bonds is 0. The first-order valence-electron chi connectivity index (χ1n) is 4.41. The third kappa shape index (κ3) is 1.51. The minimum absolute atomic E-state index is 0.251. The van der Waals surface area contributed by atoms with Gasteiger partial charge in [-0.15, -0.1) is 0 Å². The Balaban J connectivity index is 2.56. The van der Waals surface area contributed by atoms with E-state index in [9.17, 15) is 4.39 Å². The molecular weight excluding hydrogens is 189 g/mol. The van der Waals surface area contributed by atoms with Crippen LogP contribution in [-0.4, -0.2) is 6.54 Å². The minimum atomic E-state index is -0.251. The average molecular weight is 200 g/mol. The molecule has 0 saturated heterocycles. The summed E-state index contributed by atoms with van der Waals surface area (Å²) in [5.74, 6) is 0.142. The average Bonchev–Trinajstić information content (AvgIpc) is 2.07. The van der Waals surface area contributed by atoms with Crippen molar-refractivity contribution < 1.29 is 4.39 Å². The summed E-state index contributed by atoms with van der Waals surface area (Å²) >= 11 is 5.91. The molecule has 0 spiro atoms. The van der Waals surface area contributed by atoms with E-state index >= 15 is 0 Å². The molecule has 0 aliphatic carbocycles. The molecule has 13 heavy (non-hydrogen) atoms. The van der Waals surface area contributed by atoms with E-state index < -0.39 is 0 Å². The van der Waals surface area contributed by atoms with Gasteiger partial charge in [0.05, 0.1) is 10.7 Å². The fourth-order valence-corrected chi connectivity index (χ4v) is 2.02. The van der Waals surface area contributed by atoms with Crippen molar-refractivity contribution in [3.8, 4) is 0 Å². The summed E-state index contributed by atoms with van der Waals surface area (Å²) in [5.41, 5.74) is 1.90. The Morgan fingerprint density at radius 2 is 2.31 bits per heavy atom. The molecular formula is C10H11ClFN. The molecule has 0 saturated carbocycles. The SMILES string of the molecule is CC1CCNc2c(Cl)cc(F)cc21. The Hall–Kier alpha value is -0.760. The van der Waals surface area contributed by atoms with Crippen molar-refractivity contribution in [3.63, 3.8) is 0 Å². The van der Waals surface area contributed by atoms with Gasteiger partial charge in [0.1, 0.15) is 5.82 Å². The van der Waals surface area contributed by atoms with Crippen LogP contribution >= 0.6 is 11.6 Å². The predicted octanol–water partition coefficient (Wildman–Crippen LogP) is 3.40. The van der Waals surface area contributed by atoms with Crippen molar-refractivity contribution in [1.82, 2.24) is 0 Å². The van der Waals surface area contributed by atoms with E-state index in [4.69, 9.17) is 11.6 Å². The van der Waals surface area contributed by atoms with Crippen LogP contribution in [0.25, 0.3) is 0 Å². The minimum Gasteiger partial charge on any atom is -0.384 e. The number of anilines is 1. The van der Waals surface area contributed by atoms with E-state index in [0.29, 0.717) is 10.9 Å². The Morgan fingerprint density at radius 1 is 1.54 bits per heavy atom. The van der Waals surface area contributed by atoms with E-state index in [1.807, 2.05) is 0 Å². The summed E-state index contributed by atoms with van der Waals surface area (Å²) in [6.07, 6.45) is 1.03. The molecule has 1 atom stereocenters. The number of hydrogen-bond donors (Lipinski definition) is 1. The van der Waals surface area contributed by atoms with Crippen LogP contribution in [0, 0.1) is 5.82 Å². The Labute approximate surface area is 81.9 Å². The van der Waals surface area contributed by atoms with Crippen molar-refractivity contribution in [2.24, 2.45) is 0 Å². The van der Waals surface area contributed by atoms with Crippen LogP contribution in [-0.2, 0) is 0 Å². The molecule has 1 heterocycles. The molecule has 1 nitrogen and oxygen atoms in total. The Kier molecular flexibility index (Phi) is 2.16. The van der Waals surface area contributed by atoms with Crippen LogP contribution in [0.5, 0.6) is 0 Å². The third-order valence-electron chi connectivity index (χ3n) is 2.50. The Morgan fingerprint density at radius 3 is 3.08 bits per heavy atom. The van der Waals surface area contributed by atoms with Gasteiger partial charge in [-0.3, -0.25) is 0 Å². The second-order valence-corrected chi connectivity index (χ2v) is 3.88. The molecule has 0 amide bonds. The smallest absolute Gasteiger partial charge is 0.125 e. The second kappa shape index (κ2) is 3.18. The van der Waals surface area contributed by atoms with Crippen LogP contribution in [0.1, 0.15) is 24.8 Å². The second-order valence-electron chi connectivity index (χ2n) is 3.47. The number of benzene rings is 1. The summed E-state index contributed by atoms with van der Waals surface area (Å²) < 4.78 is 13.0. The van der Waals surface area contributed by atoms with Crippen molar-refractivity contribution in [1.29, 1.82) is 0 Å². The highest BCUT2D eigenvalue weighted by Crippen LogP contribution is 2.36. The van der Waals surface area contributed by atoms with Gasteiger partial charge in [-0.1, -0.05) is 18.5 Å². The van der Waals surface area contributed by atoms with Gasteiger partial charge in [-0.25, -0.2) is 4.39 Å². The zero-order valence-corrected chi connectivity index (χ0v) is 8.16. The van der Waals surface area contributed by atoms with Crippen LogP contribution < -0.4 is 5.32 Å². The molecule has 2 rings (SSSR count). The molecule has 0 radical (unpaired) electrons. The molecule has 0 bridgehead atoms. The normalized spacial score (nSPS) is 20.7. The van der Waals surface area contributed by atoms with E-state index in [2.05, 4.69) is 12.2 Å². The standard InChI is InChI=1S/C10H11ClFN/c1-6-2-3-13-10-8(6)4-7(12)5-9(10)11/h4-6,13H,2-3H2,1H3. The summed E-state index contributed by atoms with van der Waals surface area (Å²) in [6, 6.07) is 2.92.